The van der Waals surface area contributed by atoms with Gasteiger partial charge in [0, 0.05) is 16.5 Å². The lowest BCUT2D eigenvalue weighted by molar-refractivity contribution is 1.18. The van der Waals surface area contributed by atoms with Crippen molar-refractivity contribution in [2.24, 2.45) is 0 Å². The molecule has 2 nitrogen and oxygen atoms in total. The van der Waals surface area contributed by atoms with Gasteiger partial charge in [0.25, 0.3) is 0 Å². The summed E-state index contributed by atoms with van der Waals surface area (Å²) >= 11 is 0. The van der Waals surface area contributed by atoms with Crippen molar-refractivity contribution < 1.29 is 0 Å². The molecule has 0 radical (unpaired) electrons. The fourth-order valence-electron chi connectivity index (χ4n) is 10.6. The number of hydrogen-bond donors (Lipinski definition) is 0. The second kappa shape index (κ2) is 14.7. The Balaban J connectivity index is 1.14. The third-order valence-corrected chi connectivity index (χ3v) is 13.6. The number of benzene rings is 12. The van der Waals surface area contributed by atoms with Gasteiger partial charge in [-0.3, -0.25) is 0 Å². The molecule has 0 saturated carbocycles. The van der Waals surface area contributed by atoms with Gasteiger partial charge in [0.1, 0.15) is 0 Å². The molecule has 0 amide bonds. The first-order valence-corrected chi connectivity index (χ1v) is 22.2. The minimum atomic E-state index is 0.650. The van der Waals surface area contributed by atoms with E-state index in [9.17, 15) is 5.26 Å². The van der Waals surface area contributed by atoms with Gasteiger partial charge < -0.3 is 4.57 Å². The van der Waals surface area contributed by atoms with Crippen molar-refractivity contribution in [2.45, 2.75) is 0 Å². The van der Waals surface area contributed by atoms with Crippen molar-refractivity contribution in [3.05, 3.63) is 236 Å². The fraction of sp³-hybridized carbons (Fsp3) is 0. The minimum Gasteiger partial charge on any atom is -0.309 e. The van der Waals surface area contributed by atoms with Gasteiger partial charge in [-0.2, -0.15) is 5.26 Å². The molecule has 0 saturated heterocycles. The van der Waals surface area contributed by atoms with Gasteiger partial charge in [-0.1, -0.05) is 170 Å². The van der Waals surface area contributed by atoms with E-state index >= 15 is 0 Å². The standard InChI is InChI=1S/C63H38N2/c64-39-40-24-32-60-56(34-40)57-36-48(29-33-61(57)65(60)49-18-2-1-3-19-49)47-28-31-55-59(38-47)63(53-23-11-17-43-14-7-9-21-51(43)53)54-30-27-46(45-26-25-41-12-4-5-15-44(41)35-45)37-58(54)62(55)52-22-10-16-42-13-6-8-20-50(42)52/h1-38H. The maximum Gasteiger partial charge on any atom is 0.0991 e. The molecule has 0 N–H and O–H groups in total. The number of nitrogens with zero attached hydrogens (tertiary/aromatic N) is 2. The van der Waals surface area contributed by atoms with Gasteiger partial charge in [-0.15, -0.1) is 0 Å². The van der Waals surface area contributed by atoms with Crippen LogP contribution in [0.1, 0.15) is 5.56 Å². The van der Waals surface area contributed by atoms with E-state index in [2.05, 4.69) is 223 Å². The summed E-state index contributed by atoms with van der Waals surface area (Å²) in [4.78, 5) is 0. The van der Waals surface area contributed by atoms with E-state index in [4.69, 9.17) is 0 Å². The first kappa shape index (κ1) is 36.8. The van der Waals surface area contributed by atoms with Crippen LogP contribution in [-0.2, 0) is 0 Å². The van der Waals surface area contributed by atoms with E-state index < -0.39 is 0 Å². The Kier molecular flexibility index (Phi) is 8.31. The van der Waals surface area contributed by atoms with Crippen molar-refractivity contribution in [3.8, 4) is 56.3 Å². The molecule has 65 heavy (non-hydrogen) atoms. The Hall–Kier alpha value is -8.77. The molecule has 13 aromatic rings. The predicted octanol–water partition coefficient (Wildman–Crippen LogP) is 17.1. The molecule has 0 unspecified atom stereocenters. The summed E-state index contributed by atoms with van der Waals surface area (Å²) < 4.78 is 2.31. The normalized spacial score (nSPS) is 11.7. The van der Waals surface area contributed by atoms with E-state index in [1.165, 1.54) is 87.2 Å². The van der Waals surface area contributed by atoms with Crippen LogP contribution in [0.3, 0.4) is 0 Å². The molecule has 1 heterocycles. The van der Waals surface area contributed by atoms with Crippen LogP contribution >= 0.6 is 0 Å². The lowest BCUT2D eigenvalue weighted by Crippen LogP contribution is -1.94. The highest BCUT2D eigenvalue weighted by Gasteiger charge is 2.22. The summed E-state index contributed by atoms with van der Waals surface area (Å²) in [5.74, 6) is 0. The molecule has 0 fully saturated rings. The summed E-state index contributed by atoms with van der Waals surface area (Å²) in [6.45, 7) is 0. The van der Waals surface area contributed by atoms with Gasteiger partial charge in [-0.05, 0) is 159 Å². The Labute approximate surface area is 376 Å². The lowest BCUT2D eigenvalue weighted by atomic mass is 9.82. The number of nitriles is 1. The second-order valence-corrected chi connectivity index (χ2v) is 17.1. The van der Waals surface area contributed by atoms with Crippen molar-refractivity contribution in [1.82, 2.24) is 4.57 Å². The van der Waals surface area contributed by atoms with Crippen molar-refractivity contribution in [1.29, 1.82) is 5.26 Å². The van der Waals surface area contributed by atoms with Gasteiger partial charge in [0.05, 0.1) is 22.7 Å². The van der Waals surface area contributed by atoms with Crippen LogP contribution in [0.4, 0.5) is 0 Å². The SMILES string of the molecule is N#Cc1ccc2c(c1)c1cc(-c3ccc4c(-c5cccc6ccccc56)c5cc(-c6ccc7ccccc7c6)ccc5c(-c5cccc6ccccc56)c4c3)ccc1n2-c1ccccc1. The third kappa shape index (κ3) is 5.87. The average molecular weight is 823 g/mol. The Morgan fingerprint density at radius 3 is 1.37 bits per heavy atom. The number of fused-ring (bicyclic) bond motifs is 8. The van der Waals surface area contributed by atoms with E-state index in [1.54, 1.807) is 0 Å². The molecule has 0 atom stereocenters. The highest BCUT2D eigenvalue weighted by Crippen LogP contribution is 2.49. The van der Waals surface area contributed by atoms with Crippen LogP contribution in [0.15, 0.2) is 231 Å². The zero-order valence-corrected chi connectivity index (χ0v) is 35.3. The van der Waals surface area contributed by atoms with Gasteiger partial charge in [0.2, 0.25) is 0 Å². The average Bonchev–Trinajstić information content (AvgIpc) is 3.70. The summed E-state index contributed by atoms with van der Waals surface area (Å²) in [6, 6.07) is 86.4. The number of aromatic nitrogens is 1. The molecular weight excluding hydrogens is 785 g/mol. The highest BCUT2D eigenvalue weighted by molar-refractivity contribution is 6.26. The molecule has 2 heteroatoms. The topological polar surface area (TPSA) is 28.7 Å². The highest BCUT2D eigenvalue weighted by atomic mass is 15.0. The molecule has 0 bridgehead atoms. The van der Waals surface area contributed by atoms with Crippen LogP contribution in [-0.4, -0.2) is 4.57 Å². The molecule has 1 aromatic heterocycles. The first-order valence-electron chi connectivity index (χ1n) is 22.2. The van der Waals surface area contributed by atoms with E-state index in [1.807, 2.05) is 18.2 Å². The molecule has 12 aromatic carbocycles. The molecule has 13 rings (SSSR count). The van der Waals surface area contributed by atoms with Crippen molar-refractivity contribution in [2.75, 3.05) is 0 Å². The third-order valence-electron chi connectivity index (χ3n) is 13.6. The number of para-hydroxylation sites is 1. The maximum absolute atomic E-state index is 10.0. The molecular formula is C63H38N2. The largest absolute Gasteiger partial charge is 0.309 e. The van der Waals surface area contributed by atoms with Crippen LogP contribution in [0.5, 0.6) is 0 Å². The Morgan fingerprint density at radius 1 is 0.292 bits per heavy atom. The minimum absolute atomic E-state index is 0.650. The smallest absolute Gasteiger partial charge is 0.0991 e. The van der Waals surface area contributed by atoms with E-state index in [-0.39, 0.29) is 0 Å². The summed E-state index contributed by atoms with van der Waals surface area (Å²) in [7, 11) is 0. The summed E-state index contributed by atoms with van der Waals surface area (Å²) in [6.07, 6.45) is 0. The van der Waals surface area contributed by atoms with Crippen LogP contribution in [0.2, 0.25) is 0 Å². The van der Waals surface area contributed by atoms with Crippen molar-refractivity contribution >= 4 is 75.7 Å². The summed E-state index contributed by atoms with van der Waals surface area (Å²) in [5, 5.41) is 24.4. The number of hydrogen-bond acceptors (Lipinski definition) is 1. The van der Waals surface area contributed by atoms with Crippen LogP contribution in [0, 0.1) is 11.3 Å². The zero-order valence-electron chi connectivity index (χ0n) is 35.3. The van der Waals surface area contributed by atoms with E-state index in [0.29, 0.717) is 5.56 Å². The monoisotopic (exact) mass is 822 g/mol. The van der Waals surface area contributed by atoms with Gasteiger partial charge in [-0.25, -0.2) is 0 Å². The van der Waals surface area contributed by atoms with Gasteiger partial charge in [0.15, 0.2) is 0 Å². The number of rotatable bonds is 5. The second-order valence-electron chi connectivity index (χ2n) is 17.1. The Bertz CT molecular complexity index is 4120. The molecule has 0 aliphatic carbocycles. The molecule has 300 valence electrons. The Morgan fingerprint density at radius 2 is 0.754 bits per heavy atom. The van der Waals surface area contributed by atoms with Crippen LogP contribution < -0.4 is 0 Å². The first-order chi connectivity index (χ1) is 32.2. The van der Waals surface area contributed by atoms with Gasteiger partial charge >= 0.3 is 0 Å². The quantitative estimate of drug-likeness (QED) is 0.159. The maximum atomic E-state index is 10.0. The van der Waals surface area contributed by atoms with Crippen LogP contribution in [0.25, 0.3) is 126 Å². The molecule has 0 aliphatic rings. The molecule has 0 spiro atoms. The fourth-order valence-corrected chi connectivity index (χ4v) is 10.6. The lowest BCUT2D eigenvalue weighted by Gasteiger charge is -2.21. The summed E-state index contributed by atoms with van der Waals surface area (Å²) in [5.41, 5.74) is 13.4. The molecule has 0 aliphatic heterocycles. The predicted molar refractivity (Wildman–Crippen MR) is 275 cm³/mol. The van der Waals surface area contributed by atoms with E-state index in [0.717, 1.165) is 38.6 Å². The zero-order chi connectivity index (χ0) is 43.0. The van der Waals surface area contributed by atoms with Crippen molar-refractivity contribution in [3.63, 3.8) is 0 Å².